The molecule has 0 aliphatic rings. The van der Waals surface area contributed by atoms with Crippen molar-refractivity contribution >= 4 is 17.3 Å². The van der Waals surface area contributed by atoms with Gasteiger partial charge < -0.3 is 11.1 Å². The highest BCUT2D eigenvalue weighted by Gasteiger charge is 2.22. The Balaban J connectivity index is 1.97. The summed E-state index contributed by atoms with van der Waals surface area (Å²) in [5, 5.41) is 2.97. The van der Waals surface area contributed by atoms with Gasteiger partial charge in [-0.2, -0.15) is 0 Å². The Hall–Kier alpha value is -3.68. The average Bonchev–Trinajstić information content (AvgIpc) is 2.72. The summed E-state index contributed by atoms with van der Waals surface area (Å²) < 4.78 is 15.3. The van der Waals surface area contributed by atoms with E-state index in [1.807, 2.05) is 31.2 Å². The van der Waals surface area contributed by atoms with Crippen molar-refractivity contribution in [3.63, 3.8) is 0 Å². The molecule has 0 fully saturated rings. The molecule has 0 saturated heterocycles. The minimum Gasteiger partial charge on any atom is -0.384 e. The zero-order chi connectivity index (χ0) is 21.8. The molecule has 8 heteroatoms. The van der Waals surface area contributed by atoms with E-state index in [9.17, 15) is 18.8 Å². The standard InChI is InChI=1S/C22H23FN4O3/c1-3-26-21(29)19(18(28)12-25-17-10-4-14(2)5-11-17)20(24)27(22(26)30)13-15-6-8-16(23)9-7-15/h4-11,25H,3,12-13,24H2,1-2H3. The highest BCUT2D eigenvalue weighted by atomic mass is 19.1. The smallest absolute Gasteiger partial charge is 0.332 e. The van der Waals surface area contributed by atoms with E-state index in [1.54, 1.807) is 6.92 Å². The third kappa shape index (κ3) is 4.32. The van der Waals surface area contributed by atoms with E-state index in [0.29, 0.717) is 5.56 Å². The van der Waals surface area contributed by atoms with Crippen molar-refractivity contribution in [3.05, 3.63) is 91.9 Å². The highest BCUT2D eigenvalue weighted by Crippen LogP contribution is 2.12. The molecule has 7 nitrogen and oxygen atoms in total. The van der Waals surface area contributed by atoms with Crippen LogP contribution in [0.25, 0.3) is 0 Å². The maximum atomic E-state index is 13.2. The van der Waals surface area contributed by atoms with Gasteiger partial charge in [0.25, 0.3) is 5.56 Å². The van der Waals surface area contributed by atoms with Crippen molar-refractivity contribution in [1.82, 2.24) is 9.13 Å². The molecule has 2 aromatic carbocycles. The normalized spacial score (nSPS) is 10.8. The number of rotatable bonds is 7. The van der Waals surface area contributed by atoms with Crippen LogP contribution in [0.2, 0.25) is 0 Å². The van der Waals surface area contributed by atoms with Crippen LogP contribution in [0.5, 0.6) is 0 Å². The van der Waals surface area contributed by atoms with Gasteiger partial charge >= 0.3 is 5.69 Å². The second kappa shape index (κ2) is 8.77. The minimum absolute atomic E-state index is 0.0108. The van der Waals surface area contributed by atoms with E-state index >= 15 is 0 Å². The van der Waals surface area contributed by atoms with E-state index in [-0.39, 0.29) is 31.0 Å². The fourth-order valence-electron chi connectivity index (χ4n) is 3.12. The lowest BCUT2D eigenvalue weighted by Gasteiger charge is -2.16. The average molecular weight is 410 g/mol. The van der Waals surface area contributed by atoms with E-state index in [2.05, 4.69) is 5.32 Å². The molecule has 0 aliphatic carbocycles. The number of anilines is 2. The van der Waals surface area contributed by atoms with Gasteiger partial charge in [-0.1, -0.05) is 29.8 Å². The Morgan fingerprint density at radius 2 is 1.67 bits per heavy atom. The van der Waals surface area contributed by atoms with Crippen molar-refractivity contribution in [1.29, 1.82) is 0 Å². The number of nitrogens with one attached hydrogen (secondary N) is 1. The molecular weight excluding hydrogens is 387 g/mol. The maximum absolute atomic E-state index is 13.2. The Bertz CT molecular complexity index is 1180. The van der Waals surface area contributed by atoms with Gasteiger partial charge in [0.05, 0.1) is 13.1 Å². The number of benzene rings is 2. The molecule has 0 bridgehead atoms. The lowest BCUT2D eigenvalue weighted by Crippen LogP contribution is -2.44. The predicted octanol–water partition coefficient (Wildman–Crippen LogP) is 2.40. The molecule has 3 rings (SSSR count). The Morgan fingerprint density at radius 1 is 1.03 bits per heavy atom. The van der Waals surface area contributed by atoms with Crippen LogP contribution in [0.3, 0.4) is 0 Å². The largest absolute Gasteiger partial charge is 0.384 e. The molecule has 1 aromatic heterocycles. The summed E-state index contributed by atoms with van der Waals surface area (Å²) in [5.74, 6) is -1.13. The lowest BCUT2D eigenvalue weighted by atomic mass is 10.1. The fraction of sp³-hybridized carbons (Fsp3) is 0.227. The molecule has 0 spiro atoms. The van der Waals surface area contributed by atoms with Crippen molar-refractivity contribution in [3.8, 4) is 0 Å². The number of hydrogen-bond acceptors (Lipinski definition) is 5. The van der Waals surface area contributed by atoms with E-state index < -0.39 is 22.8 Å². The molecule has 0 aliphatic heterocycles. The van der Waals surface area contributed by atoms with E-state index in [1.165, 1.54) is 24.3 Å². The summed E-state index contributed by atoms with van der Waals surface area (Å²) >= 11 is 0. The maximum Gasteiger partial charge on any atom is 0.332 e. The first-order valence-corrected chi connectivity index (χ1v) is 9.53. The van der Waals surface area contributed by atoms with Crippen molar-refractivity contribution in [2.75, 3.05) is 17.6 Å². The first-order chi connectivity index (χ1) is 14.3. The van der Waals surface area contributed by atoms with E-state index in [4.69, 9.17) is 5.73 Å². The zero-order valence-electron chi connectivity index (χ0n) is 16.8. The number of carbonyl (C=O) groups excluding carboxylic acids is 1. The van der Waals surface area contributed by atoms with Crippen LogP contribution in [-0.4, -0.2) is 21.5 Å². The highest BCUT2D eigenvalue weighted by molar-refractivity contribution is 6.02. The number of Topliss-reactive ketones (excluding diaryl/α,β-unsaturated/α-hetero) is 1. The van der Waals surface area contributed by atoms with Crippen LogP contribution in [0.1, 0.15) is 28.4 Å². The van der Waals surface area contributed by atoms with Gasteiger partial charge in [0.2, 0.25) is 0 Å². The Morgan fingerprint density at radius 3 is 2.27 bits per heavy atom. The van der Waals surface area contributed by atoms with Gasteiger partial charge in [-0.05, 0) is 43.7 Å². The molecule has 0 unspecified atom stereocenters. The van der Waals surface area contributed by atoms with Gasteiger partial charge in [-0.25, -0.2) is 9.18 Å². The topological polar surface area (TPSA) is 99.1 Å². The summed E-state index contributed by atoms with van der Waals surface area (Å²) in [6, 6.07) is 13.0. The van der Waals surface area contributed by atoms with Gasteiger partial charge in [0.1, 0.15) is 17.2 Å². The summed E-state index contributed by atoms with van der Waals surface area (Å²) in [4.78, 5) is 38.3. The summed E-state index contributed by atoms with van der Waals surface area (Å²) in [5.41, 5.74) is 6.95. The Labute approximate surface area is 172 Å². The number of nitrogens with zero attached hydrogens (tertiary/aromatic N) is 2. The van der Waals surface area contributed by atoms with Crippen LogP contribution in [0.15, 0.2) is 58.1 Å². The number of hydrogen-bond donors (Lipinski definition) is 2. The predicted molar refractivity (Wildman–Crippen MR) is 115 cm³/mol. The monoisotopic (exact) mass is 410 g/mol. The SMILES string of the molecule is CCn1c(=O)c(C(=O)CNc2ccc(C)cc2)c(N)n(Cc2ccc(F)cc2)c1=O. The van der Waals surface area contributed by atoms with Crippen LogP contribution in [0, 0.1) is 12.7 Å². The Kier molecular flexibility index (Phi) is 6.15. The molecular formula is C22H23FN4O3. The zero-order valence-corrected chi connectivity index (χ0v) is 16.8. The van der Waals surface area contributed by atoms with Crippen molar-refractivity contribution in [2.24, 2.45) is 0 Å². The lowest BCUT2D eigenvalue weighted by molar-refractivity contribution is 0.100. The first-order valence-electron chi connectivity index (χ1n) is 9.53. The third-order valence-corrected chi connectivity index (χ3v) is 4.82. The summed E-state index contributed by atoms with van der Waals surface area (Å²) in [6.45, 7) is 3.54. The molecule has 3 N–H and O–H groups in total. The second-order valence-electron chi connectivity index (χ2n) is 6.95. The number of nitrogen functional groups attached to an aromatic ring is 1. The molecule has 0 radical (unpaired) electrons. The van der Waals surface area contributed by atoms with Gasteiger partial charge in [-0.3, -0.25) is 18.7 Å². The van der Waals surface area contributed by atoms with Crippen LogP contribution < -0.4 is 22.3 Å². The first kappa shape index (κ1) is 21.0. The quantitative estimate of drug-likeness (QED) is 0.583. The van der Waals surface area contributed by atoms with Crippen molar-refractivity contribution in [2.45, 2.75) is 26.9 Å². The number of aromatic nitrogens is 2. The number of carbonyl (C=O) groups is 1. The van der Waals surface area contributed by atoms with E-state index in [0.717, 1.165) is 20.4 Å². The molecule has 1 heterocycles. The molecule has 0 saturated carbocycles. The summed E-state index contributed by atoms with van der Waals surface area (Å²) in [6.07, 6.45) is 0. The molecule has 30 heavy (non-hydrogen) atoms. The number of halogens is 1. The second-order valence-corrected chi connectivity index (χ2v) is 6.95. The minimum atomic E-state index is -0.717. The van der Waals surface area contributed by atoms with Crippen LogP contribution >= 0.6 is 0 Å². The molecule has 0 atom stereocenters. The number of nitrogens with two attached hydrogens (primary N) is 1. The fourth-order valence-corrected chi connectivity index (χ4v) is 3.12. The van der Waals surface area contributed by atoms with Gasteiger partial charge in [0, 0.05) is 12.2 Å². The molecule has 156 valence electrons. The molecule has 0 amide bonds. The van der Waals surface area contributed by atoms with Crippen LogP contribution in [-0.2, 0) is 13.1 Å². The van der Waals surface area contributed by atoms with Gasteiger partial charge in [-0.15, -0.1) is 0 Å². The van der Waals surface area contributed by atoms with Crippen molar-refractivity contribution < 1.29 is 9.18 Å². The summed E-state index contributed by atoms with van der Waals surface area (Å²) in [7, 11) is 0. The number of ketones is 1. The number of aryl methyl sites for hydroxylation is 1. The van der Waals surface area contributed by atoms with Gasteiger partial charge in [0.15, 0.2) is 5.78 Å². The third-order valence-electron chi connectivity index (χ3n) is 4.82. The van der Waals surface area contributed by atoms with Crippen LogP contribution in [0.4, 0.5) is 15.9 Å². The molecule has 3 aromatic rings.